The van der Waals surface area contributed by atoms with E-state index in [1.165, 1.54) is 49.8 Å². The van der Waals surface area contributed by atoms with Crippen molar-refractivity contribution in [1.29, 1.82) is 0 Å². The van der Waals surface area contributed by atoms with E-state index < -0.39 is 23.8 Å². The van der Waals surface area contributed by atoms with Gasteiger partial charge in [-0.1, -0.05) is 143 Å². The number of ether oxygens (including phenoxy) is 4. The zero-order valence-electron chi connectivity index (χ0n) is 40.4. The highest BCUT2D eigenvalue weighted by Gasteiger charge is 2.65. The molecule has 10 nitrogen and oxygen atoms in total. The van der Waals surface area contributed by atoms with E-state index in [9.17, 15) is 15.0 Å². The Hall–Kier alpha value is -4.29. The molecule has 1 heterocycles. The van der Waals surface area contributed by atoms with Crippen LogP contribution in [0.2, 0.25) is 0 Å². The third-order valence-electron chi connectivity index (χ3n) is 13.7. The number of thioether (sulfide) groups is 1. The summed E-state index contributed by atoms with van der Waals surface area (Å²) in [7, 11) is 1.79. The van der Waals surface area contributed by atoms with E-state index >= 15 is 0 Å². The maximum atomic E-state index is 14.3. The number of hydrogen-bond acceptors (Lipinski definition) is 10. The number of aliphatic hydroxyl groups excluding tert-OH is 2. The van der Waals surface area contributed by atoms with Crippen molar-refractivity contribution in [3.63, 3.8) is 0 Å². The minimum atomic E-state index is -1.35. The summed E-state index contributed by atoms with van der Waals surface area (Å²) >= 11 is 1.76. The molecule has 67 heavy (non-hydrogen) atoms. The van der Waals surface area contributed by atoms with Crippen molar-refractivity contribution in [2.45, 2.75) is 145 Å². The molecule has 2 N–H and O–H groups in total. The minimum absolute atomic E-state index is 0.107. The van der Waals surface area contributed by atoms with Crippen LogP contribution in [0.4, 0.5) is 4.79 Å². The molecule has 1 aliphatic heterocycles. The molecule has 3 aliphatic rings. The van der Waals surface area contributed by atoms with E-state index in [-0.39, 0.29) is 44.2 Å². The van der Waals surface area contributed by atoms with Crippen molar-refractivity contribution < 1.29 is 38.8 Å². The highest BCUT2D eigenvalue weighted by Crippen LogP contribution is 2.62. The Labute approximate surface area is 405 Å². The van der Waals surface area contributed by atoms with Gasteiger partial charge in [-0.05, 0) is 85.4 Å². The van der Waals surface area contributed by atoms with Gasteiger partial charge in [0.1, 0.15) is 24.1 Å². The van der Waals surface area contributed by atoms with Gasteiger partial charge in [0.25, 0.3) is 0 Å². The molecular weight excluding hydrogens is 861 g/mol. The van der Waals surface area contributed by atoms with E-state index in [0.717, 1.165) is 78.9 Å². The zero-order valence-corrected chi connectivity index (χ0v) is 41.2. The highest BCUT2D eigenvalue weighted by atomic mass is 32.2. The maximum absolute atomic E-state index is 14.3. The lowest BCUT2D eigenvalue weighted by Crippen LogP contribution is -2.69. The molecule has 2 aliphatic carbocycles. The first-order valence-electron chi connectivity index (χ1n) is 25.4. The molecule has 0 saturated heterocycles. The number of oxime groups is 1. The number of nitrogens with zero attached hydrogens (tertiary/aromatic N) is 2. The van der Waals surface area contributed by atoms with Crippen molar-refractivity contribution in [2.75, 3.05) is 45.8 Å². The number of benzene rings is 3. The van der Waals surface area contributed by atoms with Gasteiger partial charge >= 0.3 is 6.09 Å². The summed E-state index contributed by atoms with van der Waals surface area (Å²) < 4.78 is 26.9. The predicted molar refractivity (Wildman–Crippen MR) is 270 cm³/mol. The van der Waals surface area contributed by atoms with Gasteiger partial charge in [-0.25, -0.2) is 4.79 Å². The van der Waals surface area contributed by atoms with Gasteiger partial charge in [-0.2, -0.15) is 0 Å². The number of amides is 1. The number of allylic oxidation sites excluding steroid dienone is 1. The third kappa shape index (κ3) is 14.6. The normalized spacial score (nSPS) is 22.2. The lowest BCUT2D eigenvalue weighted by atomic mass is 9.55. The summed E-state index contributed by atoms with van der Waals surface area (Å²) in [5.74, 6) is 0.569. The quantitative estimate of drug-likeness (QED) is 0.0281. The summed E-state index contributed by atoms with van der Waals surface area (Å²) in [6.07, 6.45) is 20.7. The summed E-state index contributed by atoms with van der Waals surface area (Å²) in [4.78, 5) is 23.4. The summed E-state index contributed by atoms with van der Waals surface area (Å²) in [6, 6.07) is 25.8. The highest BCUT2D eigenvalue weighted by molar-refractivity contribution is 7.99. The van der Waals surface area contributed by atoms with Crippen molar-refractivity contribution in [1.82, 2.24) is 4.90 Å². The van der Waals surface area contributed by atoms with Gasteiger partial charge in [0, 0.05) is 48.8 Å². The first-order chi connectivity index (χ1) is 32.9. The van der Waals surface area contributed by atoms with Crippen molar-refractivity contribution in [3.8, 4) is 11.5 Å². The van der Waals surface area contributed by atoms with Gasteiger partial charge in [-0.3, -0.25) is 0 Å². The standard InChI is InChI=1S/C56H78N2O8S/c1-4-6-7-8-9-10-11-12-13-24-36-63-55(61)58(3)52-41-50(57-65-42-43-25-16-14-17-26-43)48-39-44(27-20-22-33-59)47(30-21-23-34-60)53-49-40-45(62-37-38-67-46-28-18-15-19-29-46)31-32-51(49)66-56(52,54(48)53)64-35-5-2/h5,14-19,25-26,28-29,31-32,39-40,44,47,52-54,59-60H,2,4,6-13,20-24,27,30,33-38,41-42H2,1,3H3. The zero-order chi connectivity index (χ0) is 47.1. The van der Waals surface area contributed by atoms with Crippen LogP contribution < -0.4 is 9.47 Å². The molecule has 6 unspecified atom stereocenters. The second-order valence-electron chi connectivity index (χ2n) is 18.4. The molecule has 11 heteroatoms. The van der Waals surface area contributed by atoms with Crippen LogP contribution in [0.3, 0.4) is 0 Å². The SMILES string of the molecule is C=CCOC12Oc3ccc(OCCSc4ccccc4)cc3C3C(CCCCO)C(CCCCO)C=C(C(=NOCc4ccccc4)CC1N(C)C(=O)OCCCCCCCCCCCC)C32. The van der Waals surface area contributed by atoms with Gasteiger partial charge in [0.2, 0.25) is 5.79 Å². The summed E-state index contributed by atoms with van der Waals surface area (Å²) in [5.41, 5.74) is 3.77. The number of carbonyl (C=O) groups is 1. The molecule has 0 aromatic heterocycles. The lowest BCUT2D eigenvalue weighted by molar-refractivity contribution is -0.253. The molecular formula is C56H78N2O8S. The van der Waals surface area contributed by atoms with Crippen LogP contribution in [0.15, 0.2) is 113 Å². The molecule has 6 rings (SSSR count). The molecule has 0 radical (unpaired) electrons. The molecule has 3 aromatic rings. The van der Waals surface area contributed by atoms with E-state index in [1.807, 2.05) is 60.7 Å². The van der Waals surface area contributed by atoms with Gasteiger partial charge in [0.15, 0.2) is 0 Å². The van der Waals surface area contributed by atoms with Crippen molar-refractivity contribution >= 4 is 23.6 Å². The number of aliphatic hydroxyl groups is 2. The smallest absolute Gasteiger partial charge is 0.409 e. The Bertz CT molecular complexity index is 1980. The largest absolute Gasteiger partial charge is 0.493 e. The molecule has 3 aromatic carbocycles. The average molecular weight is 939 g/mol. The number of hydrogen-bond donors (Lipinski definition) is 2. The summed E-state index contributed by atoms with van der Waals surface area (Å²) in [5, 5.41) is 24.9. The van der Waals surface area contributed by atoms with Crippen LogP contribution in [0.25, 0.3) is 0 Å². The third-order valence-corrected chi connectivity index (χ3v) is 14.7. The van der Waals surface area contributed by atoms with Crippen LogP contribution in [-0.4, -0.2) is 84.6 Å². The summed E-state index contributed by atoms with van der Waals surface area (Å²) in [6.45, 7) is 7.90. The first-order valence-corrected chi connectivity index (χ1v) is 26.4. The fourth-order valence-electron chi connectivity index (χ4n) is 10.4. The Morgan fingerprint density at radius 1 is 0.866 bits per heavy atom. The number of fused-ring (bicyclic) bond motifs is 2. The van der Waals surface area contributed by atoms with Crippen LogP contribution in [0.5, 0.6) is 11.5 Å². The van der Waals surface area contributed by atoms with E-state index in [1.54, 1.807) is 29.8 Å². The van der Waals surface area contributed by atoms with E-state index in [0.29, 0.717) is 38.2 Å². The average Bonchev–Trinajstić information content (AvgIpc) is 3.35. The van der Waals surface area contributed by atoms with Gasteiger partial charge in [-0.15, -0.1) is 18.3 Å². The Morgan fingerprint density at radius 2 is 1.55 bits per heavy atom. The number of unbranched alkanes of at least 4 members (excludes halogenated alkanes) is 11. The fourth-order valence-corrected chi connectivity index (χ4v) is 11.1. The number of rotatable bonds is 31. The Morgan fingerprint density at radius 3 is 2.25 bits per heavy atom. The van der Waals surface area contributed by atoms with Gasteiger partial charge in [0.05, 0.1) is 31.5 Å². The second kappa shape index (κ2) is 28.3. The molecule has 0 bridgehead atoms. The topological polar surface area (TPSA) is 119 Å². The lowest BCUT2D eigenvalue weighted by Gasteiger charge is -2.59. The number of carbonyl (C=O) groups excluding carboxylic acids is 1. The minimum Gasteiger partial charge on any atom is -0.493 e. The second-order valence-corrected chi connectivity index (χ2v) is 19.6. The Balaban J connectivity index is 1.35. The molecule has 6 atom stereocenters. The molecule has 1 fully saturated rings. The monoisotopic (exact) mass is 939 g/mol. The van der Waals surface area contributed by atoms with Crippen LogP contribution in [0, 0.1) is 17.8 Å². The predicted octanol–water partition coefficient (Wildman–Crippen LogP) is 12.7. The molecule has 1 amide bonds. The Kier molecular flexibility index (Phi) is 22.0. The van der Waals surface area contributed by atoms with E-state index in [4.69, 9.17) is 28.9 Å². The van der Waals surface area contributed by atoms with E-state index in [2.05, 4.69) is 37.8 Å². The van der Waals surface area contributed by atoms with Crippen LogP contribution in [-0.2, 0) is 20.9 Å². The van der Waals surface area contributed by atoms with Crippen LogP contribution >= 0.6 is 11.8 Å². The van der Waals surface area contributed by atoms with Crippen molar-refractivity contribution in [3.05, 3.63) is 114 Å². The molecule has 1 saturated carbocycles. The fraction of sp³-hybridized carbons (Fsp3) is 0.571. The number of likely N-dealkylation sites (N-methyl/N-ethyl adjacent to an activating group) is 1. The molecule has 0 spiro atoms. The van der Waals surface area contributed by atoms with Gasteiger partial charge < -0.3 is 38.9 Å². The molecule has 366 valence electrons. The first kappa shape index (κ1) is 52.1. The van der Waals surface area contributed by atoms with Crippen LogP contribution in [0.1, 0.15) is 133 Å². The van der Waals surface area contributed by atoms with Crippen molar-refractivity contribution in [2.24, 2.45) is 22.9 Å². The maximum Gasteiger partial charge on any atom is 0.409 e.